The van der Waals surface area contributed by atoms with Gasteiger partial charge in [0.05, 0.1) is 0 Å². The van der Waals surface area contributed by atoms with Crippen LogP contribution in [0.1, 0.15) is 5.56 Å². The molecule has 2 rings (SSSR count). The number of rotatable bonds is 5. The zero-order valence-electron chi connectivity index (χ0n) is 13.1. The summed E-state index contributed by atoms with van der Waals surface area (Å²) in [5.74, 6) is 1.03. The summed E-state index contributed by atoms with van der Waals surface area (Å²) in [5.41, 5.74) is 1.22. The van der Waals surface area contributed by atoms with Gasteiger partial charge in [-0.15, -0.1) is 0 Å². The van der Waals surface area contributed by atoms with Crippen molar-refractivity contribution in [2.45, 2.75) is 13.0 Å². The summed E-state index contributed by atoms with van der Waals surface area (Å²) in [6.45, 7) is 5.92. The SMILES string of the molecule is Cc1ccc(OCCN2CCNCC2C(=O)N(C)C)cc1. The van der Waals surface area contributed by atoms with E-state index in [9.17, 15) is 4.79 Å². The van der Waals surface area contributed by atoms with Crippen LogP contribution in [0.2, 0.25) is 0 Å². The number of benzene rings is 1. The highest BCUT2D eigenvalue weighted by Crippen LogP contribution is 2.12. The standard InChI is InChI=1S/C16H25N3O2/c1-13-4-6-14(7-5-13)21-11-10-19-9-8-17-12-15(19)16(20)18(2)3/h4-7,15,17H,8-12H2,1-3H3. The first-order valence-corrected chi connectivity index (χ1v) is 7.43. The van der Waals surface area contributed by atoms with Crippen molar-refractivity contribution in [1.82, 2.24) is 15.1 Å². The van der Waals surface area contributed by atoms with Gasteiger partial charge >= 0.3 is 0 Å². The second kappa shape index (κ2) is 7.43. The van der Waals surface area contributed by atoms with Crippen LogP contribution >= 0.6 is 0 Å². The van der Waals surface area contributed by atoms with Gasteiger partial charge in [-0.3, -0.25) is 9.69 Å². The van der Waals surface area contributed by atoms with Gasteiger partial charge in [0, 0.05) is 40.3 Å². The Morgan fingerprint density at radius 3 is 2.76 bits per heavy atom. The van der Waals surface area contributed by atoms with Gasteiger partial charge in [-0.25, -0.2) is 0 Å². The van der Waals surface area contributed by atoms with E-state index in [1.807, 2.05) is 24.3 Å². The van der Waals surface area contributed by atoms with E-state index in [2.05, 4.69) is 17.1 Å². The lowest BCUT2D eigenvalue weighted by Crippen LogP contribution is -2.58. The summed E-state index contributed by atoms with van der Waals surface area (Å²) in [5, 5.41) is 3.28. The molecule has 1 unspecified atom stereocenters. The third-order valence-electron chi connectivity index (χ3n) is 3.75. The zero-order valence-corrected chi connectivity index (χ0v) is 13.1. The molecule has 0 spiro atoms. The molecule has 21 heavy (non-hydrogen) atoms. The van der Waals surface area contributed by atoms with Crippen LogP contribution < -0.4 is 10.1 Å². The molecule has 1 amide bonds. The smallest absolute Gasteiger partial charge is 0.240 e. The van der Waals surface area contributed by atoms with Crippen molar-refractivity contribution in [3.8, 4) is 5.75 Å². The van der Waals surface area contributed by atoms with Gasteiger partial charge in [0.2, 0.25) is 5.91 Å². The minimum absolute atomic E-state index is 0.0876. The van der Waals surface area contributed by atoms with Gasteiger partial charge in [-0.1, -0.05) is 17.7 Å². The highest BCUT2D eigenvalue weighted by atomic mass is 16.5. The van der Waals surface area contributed by atoms with E-state index in [0.717, 1.165) is 25.4 Å². The molecule has 0 aliphatic carbocycles. The van der Waals surface area contributed by atoms with Crippen molar-refractivity contribution in [3.05, 3.63) is 29.8 Å². The molecule has 0 bridgehead atoms. The Morgan fingerprint density at radius 1 is 1.38 bits per heavy atom. The predicted molar refractivity (Wildman–Crippen MR) is 83.6 cm³/mol. The molecule has 0 radical (unpaired) electrons. The molecule has 1 atom stereocenters. The van der Waals surface area contributed by atoms with Crippen LogP contribution in [0.25, 0.3) is 0 Å². The molecular weight excluding hydrogens is 266 g/mol. The van der Waals surface area contributed by atoms with Crippen molar-refractivity contribution >= 4 is 5.91 Å². The number of nitrogens with one attached hydrogen (secondary N) is 1. The Morgan fingerprint density at radius 2 is 2.10 bits per heavy atom. The summed E-state index contributed by atoms with van der Waals surface area (Å²) in [6, 6.07) is 7.96. The minimum atomic E-state index is -0.0876. The molecule has 1 aromatic rings. The molecule has 5 heteroatoms. The molecule has 1 aliphatic rings. The number of carbonyl (C=O) groups excluding carboxylic acids is 1. The quantitative estimate of drug-likeness (QED) is 0.869. The maximum Gasteiger partial charge on any atom is 0.240 e. The van der Waals surface area contributed by atoms with Crippen LogP contribution in [0.5, 0.6) is 5.75 Å². The Labute approximate surface area is 126 Å². The topological polar surface area (TPSA) is 44.8 Å². The third-order valence-corrected chi connectivity index (χ3v) is 3.75. The molecule has 1 aliphatic heterocycles. The van der Waals surface area contributed by atoms with Crippen molar-refractivity contribution < 1.29 is 9.53 Å². The van der Waals surface area contributed by atoms with E-state index in [-0.39, 0.29) is 11.9 Å². The van der Waals surface area contributed by atoms with Crippen molar-refractivity contribution in [3.63, 3.8) is 0 Å². The Hall–Kier alpha value is -1.59. The average Bonchev–Trinajstić information content (AvgIpc) is 2.49. The van der Waals surface area contributed by atoms with Gasteiger partial charge in [0.25, 0.3) is 0 Å². The Balaban J connectivity index is 1.85. The second-order valence-electron chi connectivity index (χ2n) is 5.65. The van der Waals surface area contributed by atoms with E-state index < -0.39 is 0 Å². The van der Waals surface area contributed by atoms with E-state index in [4.69, 9.17) is 4.74 Å². The number of hydrogen-bond acceptors (Lipinski definition) is 4. The van der Waals surface area contributed by atoms with Gasteiger partial charge in [0.15, 0.2) is 0 Å². The van der Waals surface area contributed by atoms with Gasteiger partial charge in [-0.05, 0) is 19.1 Å². The fourth-order valence-corrected chi connectivity index (χ4v) is 2.47. The first-order chi connectivity index (χ1) is 10.1. The maximum absolute atomic E-state index is 12.2. The first kappa shape index (κ1) is 15.8. The van der Waals surface area contributed by atoms with E-state index >= 15 is 0 Å². The molecule has 1 fully saturated rings. The van der Waals surface area contributed by atoms with E-state index in [1.54, 1.807) is 19.0 Å². The highest BCUT2D eigenvalue weighted by molar-refractivity contribution is 5.81. The number of hydrogen-bond donors (Lipinski definition) is 1. The molecule has 116 valence electrons. The normalized spacial score (nSPS) is 19.3. The predicted octanol–water partition coefficient (Wildman–Crippen LogP) is 0.736. The molecule has 0 saturated carbocycles. The molecular formula is C16H25N3O2. The zero-order chi connectivity index (χ0) is 15.2. The fraction of sp³-hybridized carbons (Fsp3) is 0.562. The second-order valence-corrected chi connectivity index (χ2v) is 5.65. The molecule has 1 N–H and O–H groups in total. The van der Waals surface area contributed by atoms with Crippen LogP contribution in [-0.4, -0.2) is 68.6 Å². The minimum Gasteiger partial charge on any atom is -0.492 e. The summed E-state index contributed by atoms with van der Waals surface area (Å²) in [7, 11) is 3.61. The summed E-state index contributed by atoms with van der Waals surface area (Å²) < 4.78 is 5.77. The summed E-state index contributed by atoms with van der Waals surface area (Å²) in [4.78, 5) is 16.0. The van der Waals surface area contributed by atoms with Crippen LogP contribution in [-0.2, 0) is 4.79 Å². The monoisotopic (exact) mass is 291 g/mol. The van der Waals surface area contributed by atoms with Crippen molar-refractivity contribution in [2.24, 2.45) is 0 Å². The van der Waals surface area contributed by atoms with Crippen LogP contribution in [0, 0.1) is 6.92 Å². The van der Waals surface area contributed by atoms with Gasteiger partial charge in [0.1, 0.15) is 18.4 Å². The highest BCUT2D eigenvalue weighted by Gasteiger charge is 2.29. The van der Waals surface area contributed by atoms with Crippen LogP contribution in [0.4, 0.5) is 0 Å². The number of carbonyl (C=O) groups is 1. The van der Waals surface area contributed by atoms with Crippen LogP contribution in [0.3, 0.4) is 0 Å². The lowest BCUT2D eigenvalue weighted by atomic mass is 10.1. The molecule has 1 saturated heterocycles. The molecule has 1 heterocycles. The summed E-state index contributed by atoms with van der Waals surface area (Å²) >= 11 is 0. The lowest BCUT2D eigenvalue weighted by Gasteiger charge is -2.36. The fourth-order valence-electron chi connectivity index (χ4n) is 2.47. The van der Waals surface area contributed by atoms with Crippen LogP contribution in [0.15, 0.2) is 24.3 Å². The lowest BCUT2D eigenvalue weighted by molar-refractivity contribution is -0.135. The molecule has 1 aromatic carbocycles. The van der Waals surface area contributed by atoms with Gasteiger partial charge < -0.3 is 15.0 Å². The maximum atomic E-state index is 12.2. The Kier molecular flexibility index (Phi) is 5.59. The average molecular weight is 291 g/mol. The number of nitrogens with zero attached hydrogens (tertiary/aromatic N) is 2. The summed E-state index contributed by atoms with van der Waals surface area (Å²) in [6.07, 6.45) is 0. The largest absolute Gasteiger partial charge is 0.492 e. The van der Waals surface area contributed by atoms with E-state index in [0.29, 0.717) is 13.2 Å². The number of amides is 1. The Bertz CT molecular complexity index is 459. The van der Waals surface area contributed by atoms with E-state index in [1.165, 1.54) is 5.56 Å². The molecule has 5 nitrogen and oxygen atoms in total. The van der Waals surface area contributed by atoms with Gasteiger partial charge in [-0.2, -0.15) is 0 Å². The number of likely N-dealkylation sites (N-methyl/N-ethyl adjacent to an activating group) is 1. The number of aryl methyl sites for hydroxylation is 1. The van der Waals surface area contributed by atoms with Crippen molar-refractivity contribution in [1.29, 1.82) is 0 Å². The number of piperazine rings is 1. The molecule has 0 aromatic heterocycles. The van der Waals surface area contributed by atoms with Crippen molar-refractivity contribution in [2.75, 3.05) is 46.9 Å². The number of ether oxygens (including phenoxy) is 1. The first-order valence-electron chi connectivity index (χ1n) is 7.43. The third kappa shape index (κ3) is 4.44.